The maximum atomic E-state index is 2.49. The van der Waals surface area contributed by atoms with E-state index in [1.807, 2.05) is 23.5 Å². The van der Waals surface area contributed by atoms with Crippen molar-refractivity contribution < 1.29 is 0 Å². The second-order valence-corrected chi connectivity index (χ2v) is 8.62. The molecule has 3 rings (SSSR count). The Bertz CT molecular complexity index is 603. The zero-order chi connectivity index (χ0) is 13.8. The van der Waals surface area contributed by atoms with Crippen molar-refractivity contribution in [2.45, 2.75) is 6.42 Å². The summed E-state index contributed by atoms with van der Waals surface area (Å²) in [4.78, 5) is 1.45. The first kappa shape index (κ1) is 14.5. The molecule has 0 saturated carbocycles. The molecule has 0 aliphatic carbocycles. The fraction of sp³-hybridized carbons (Fsp3) is 0.176. The molecule has 0 radical (unpaired) electrons. The van der Waals surface area contributed by atoms with Crippen LogP contribution in [-0.4, -0.2) is 11.5 Å². The Labute approximate surface area is 142 Å². The molecule has 0 nitrogen and oxygen atoms in total. The van der Waals surface area contributed by atoms with E-state index < -0.39 is 0 Å². The largest absolute Gasteiger partial charge is 0.124 e. The van der Waals surface area contributed by atoms with Gasteiger partial charge in [-0.3, -0.25) is 0 Å². The molecule has 0 aromatic heterocycles. The lowest BCUT2D eigenvalue weighted by Gasteiger charge is -2.09. The predicted molar refractivity (Wildman–Crippen MR) is 102 cm³/mol. The van der Waals surface area contributed by atoms with Gasteiger partial charge in [-0.05, 0) is 57.2 Å². The number of benzene rings is 2. The highest BCUT2D eigenvalue weighted by molar-refractivity contribution is 14.1. The fourth-order valence-electron chi connectivity index (χ4n) is 2.16. The normalized spacial score (nSPS) is 16.1. The van der Waals surface area contributed by atoms with Gasteiger partial charge in [0, 0.05) is 4.91 Å². The second kappa shape index (κ2) is 7.05. The third kappa shape index (κ3) is 3.43. The average molecular weight is 410 g/mol. The molecule has 0 atom stereocenters. The maximum Gasteiger partial charge on any atom is 0.0599 e. The van der Waals surface area contributed by atoms with Crippen molar-refractivity contribution in [2.24, 2.45) is 0 Å². The smallest absolute Gasteiger partial charge is 0.0599 e. The van der Waals surface area contributed by atoms with Gasteiger partial charge in [-0.15, -0.1) is 23.5 Å². The monoisotopic (exact) mass is 410 g/mol. The third-order valence-electron chi connectivity index (χ3n) is 3.20. The summed E-state index contributed by atoms with van der Waals surface area (Å²) < 4.78 is 1.44. The van der Waals surface area contributed by atoms with Gasteiger partial charge in [0.2, 0.25) is 0 Å². The van der Waals surface area contributed by atoms with E-state index in [4.69, 9.17) is 0 Å². The summed E-state index contributed by atoms with van der Waals surface area (Å²) in [5, 5.41) is 0. The minimum Gasteiger partial charge on any atom is -0.124 e. The number of halogens is 1. The quantitative estimate of drug-likeness (QED) is 0.534. The Morgan fingerprint density at radius 1 is 0.700 bits per heavy atom. The summed E-state index contributed by atoms with van der Waals surface area (Å²) >= 11 is 6.48. The third-order valence-corrected chi connectivity index (χ3v) is 7.34. The van der Waals surface area contributed by atoms with Gasteiger partial charge in [0.15, 0.2) is 0 Å². The lowest BCUT2D eigenvalue weighted by Crippen LogP contribution is -1.84. The zero-order valence-corrected chi connectivity index (χ0v) is 14.8. The molecule has 0 N–H and O–H groups in total. The predicted octanol–water partition coefficient (Wildman–Crippen LogP) is 6.28. The fourth-order valence-corrected chi connectivity index (χ4v) is 5.76. The van der Waals surface area contributed by atoms with Crippen molar-refractivity contribution in [1.29, 1.82) is 0 Å². The van der Waals surface area contributed by atoms with Gasteiger partial charge in [0.25, 0.3) is 0 Å². The summed E-state index contributed by atoms with van der Waals surface area (Å²) in [7, 11) is 0. The molecule has 3 heteroatoms. The molecule has 1 heterocycles. The van der Waals surface area contributed by atoms with E-state index in [-0.39, 0.29) is 0 Å². The van der Waals surface area contributed by atoms with Gasteiger partial charge in [-0.1, -0.05) is 54.6 Å². The number of hydrogen-bond acceptors (Lipinski definition) is 2. The number of thioether (sulfide) groups is 2. The molecule has 1 aliphatic rings. The Morgan fingerprint density at radius 2 is 1.30 bits per heavy atom. The second-order valence-electron chi connectivity index (χ2n) is 4.60. The van der Waals surface area contributed by atoms with Crippen LogP contribution < -0.4 is 0 Å². The Kier molecular flexibility index (Phi) is 5.13. The first-order chi connectivity index (χ1) is 9.84. The van der Waals surface area contributed by atoms with E-state index in [1.165, 1.54) is 42.4 Å². The van der Waals surface area contributed by atoms with Crippen LogP contribution in [0, 0.1) is 0 Å². The van der Waals surface area contributed by atoms with Crippen molar-refractivity contribution in [3.63, 3.8) is 0 Å². The Hall–Kier alpha value is -0.390. The molecule has 0 bridgehead atoms. The Balaban J connectivity index is 1.90. The van der Waals surface area contributed by atoms with Crippen molar-refractivity contribution in [3.05, 3.63) is 63.1 Å². The first-order valence-corrected chi connectivity index (χ1v) is 9.71. The molecule has 0 spiro atoms. The van der Waals surface area contributed by atoms with Crippen LogP contribution in [0.2, 0.25) is 0 Å². The summed E-state index contributed by atoms with van der Waals surface area (Å²) in [6.45, 7) is 0. The van der Waals surface area contributed by atoms with Gasteiger partial charge in [-0.2, -0.15) is 0 Å². The molecular weight excluding hydrogens is 395 g/mol. The Morgan fingerprint density at radius 3 is 2.05 bits per heavy atom. The van der Waals surface area contributed by atoms with Crippen LogP contribution in [0.3, 0.4) is 0 Å². The van der Waals surface area contributed by atoms with Gasteiger partial charge < -0.3 is 0 Å². The van der Waals surface area contributed by atoms with Crippen molar-refractivity contribution >= 4 is 51.0 Å². The summed E-state index contributed by atoms with van der Waals surface area (Å²) in [5.74, 6) is 2.48. The summed E-state index contributed by atoms with van der Waals surface area (Å²) in [5.41, 5.74) is 3.93. The van der Waals surface area contributed by atoms with E-state index >= 15 is 0 Å². The lowest BCUT2D eigenvalue weighted by atomic mass is 10.0. The van der Waals surface area contributed by atoms with E-state index in [9.17, 15) is 0 Å². The van der Waals surface area contributed by atoms with E-state index in [0.29, 0.717) is 0 Å². The SMILES string of the molecule is IC1=C(c2ccc(-c3ccccc3)cc2)SCCCS1. The number of rotatable bonds is 2. The molecule has 0 amide bonds. The van der Waals surface area contributed by atoms with Gasteiger partial charge in [0.1, 0.15) is 0 Å². The van der Waals surface area contributed by atoms with Crippen molar-refractivity contribution in [1.82, 2.24) is 0 Å². The van der Waals surface area contributed by atoms with Crippen LogP contribution in [0.15, 0.2) is 57.5 Å². The van der Waals surface area contributed by atoms with Crippen LogP contribution in [0.1, 0.15) is 12.0 Å². The topological polar surface area (TPSA) is 0 Å². The molecule has 20 heavy (non-hydrogen) atoms. The number of hydrogen-bond donors (Lipinski definition) is 0. The van der Waals surface area contributed by atoms with Crippen LogP contribution in [0.4, 0.5) is 0 Å². The highest BCUT2D eigenvalue weighted by Crippen LogP contribution is 2.42. The van der Waals surface area contributed by atoms with E-state index in [0.717, 1.165) is 0 Å². The zero-order valence-electron chi connectivity index (χ0n) is 11.0. The van der Waals surface area contributed by atoms with Gasteiger partial charge in [-0.25, -0.2) is 0 Å². The standard InChI is InChI=1S/C17H15IS2/c18-17-16(19-11-4-12-20-17)15-9-7-14(8-10-15)13-5-2-1-3-6-13/h1-3,5-10H,4,11-12H2. The minimum absolute atomic E-state index is 1.23. The first-order valence-electron chi connectivity index (χ1n) is 6.66. The molecule has 1 aliphatic heterocycles. The molecular formula is C17H15IS2. The minimum atomic E-state index is 1.23. The molecule has 0 saturated heterocycles. The van der Waals surface area contributed by atoms with Crippen molar-refractivity contribution in [2.75, 3.05) is 11.5 Å². The van der Waals surface area contributed by atoms with Crippen LogP contribution >= 0.6 is 46.1 Å². The molecule has 0 unspecified atom stereocenters. The average Bonchev–Trinajstić information content (AvgIpc) is 2.73. The summed E-state index contributed by atoms with van der Waals surface area (Å²) in [6.07, 6.45) is 1.30. The highest BCUT2D eigenvalue weighted by atomic mass is 127. The highest BCUT2D eigenvalue weighted by Gasteiger charge is 2.12. The molecule has 102 valence electrons. The van der Waals surface area contributed by atoms with E-state index in [2.05, 4.69) is 77.2 Å². The van der Waals surface area contributed by atoms with Gasteiger partial charge in [0.05, 0.1) is 2.91 Å². The van der Waals surface area contributed by atoms with Gasteiger partial charge >= 0.3 is 0 Å². The van der Waals surface area contributed by atoms with Crippen LogP contribution in [-0.2, 0) is 0 Å². The molecule has 0 fully saturated rings. The molecule has 2 aromatic carbocycles. The lowest BCUT2D eigenvalue weighted by molar-refractivity contribution is 1.13. The molecule has 2 aromatic rings. The van der Waals surface area contributed by atoms with Crippen LogP contribution in [0.5, 0.6) is 0 Å². The van der Waals surface area contributed by atoms with Crippen LogP contribution in [0.25, 0.3) is 16.0 Å². The maximum absolute atomic E-state index is 2.49. The summed E-state index contributed by atoms with van der Waals surface area (Å²) in [6, 6.07) is 19.5. The van der Waals surface area contributed by atoms with Crippen molar-refractivity contribution in [3.8, 4) is 11.1 Å². The van der Waals surface area contributed by atoms with E-state index in [1.54, 1.807) is 0 Å².